The van der Waals surface area contributed by atoms with E-state index in [1.807, 2.05) is 6.21 Å². The third-order valence-corrected chi connectivity index (χ3v) is 1.61. The zero-order valence-corrected chi connectivity index (χ0v) is 8.75. The Bertz CT molecular complexity index is 145. The molecule has 0 radical (unpaired) electrons. The van der Waals surface area contributed by atoms with Crippen molar-refractivity contribution in [3.8, 4) is 0 Å². The van der Waals surface area contributed by atoms with Crippen LogP contribution in [-0.4, -0.2) is 12.8 Å². The van der Waals surface area contributed by atoms with Crippen LogP contribution in [0.15, 0.2) is 17.1 Å². The molecule has 0 aliphatic heterocycles. The Balaban J connectivity index is 3.58. The first-order valence-corrected chi connectivity index (χ1v) is 4.83. The van der Waals surface area contributed by atoms with Gasteiger partial charge in [-0.2, -0.15) is 0 Å². The summed E-state index contributed by atoms with van der Waals surface area (Å²) in [7, 11) is 0. The van der Waals surface area contributed by atoms with Crippen LogP contribution in [0, 0.1) is 11.8 Å². The molecule has 0 amide bonds. The minimum absolute atomic E-state index is 0.628. The van der Waals surface area contributed by atoms with Crippen molar-refractivity contribution in [2.75, 3.05) is 6.54 Å². The van der Waals surface area contributed by atoms with Gasteiger partial charge in [0.1, 0.15) is 0 Å². The minimum Gasteiger partial charge on any atom is -0.298 e. The third-order valence-electron chi connectivity index (χ3n) is 1.61. The predicted octanol–water partition coefficient (Wildman–Crippen LogP) is 3.32. The highest BCUT2D eigenvalue weighted by molar-refractivity contribution is 5.57. The molecule has 0 saturated carbocycles. The van der Waals surface area contributed by atoms with Gasteiger partial charge >= 0.3 is 0 Å². The van der Waals surface area contributed by atoms with Gasteiger partial charge in [-0.05, 0) is 31.4 Å². The highest BCUT2D eigenvalue weighted by Crippen LogP contribution is 2.04. The fraction of sp³-hybridized carbons (Fsp3) is 0.727. The summed E-state index contributed by atoms with van der Waals surface area (Å²) in [5.74, 6) is 1.29. The van der Waals surface area contributed by atoms with Crippen LogP contribution in [0.3, 0.4) is 0 Å². The third kappa shape index (κ3) is 7.52. The van der Waals surface area contributed by atoms with Crippen LogP contribution in [0.4, 0.5) is 0 Å². The summed E-state index contributed by atoms with van der Waals surface area (Å²) in [4.78, 5) is 4.18. The molecule has 0 aromatic carbocycles. The van der Waals surface area contributed by atoms with E-state index in [1.54, 1.807) is 0 Å². The Kier molecular flexibility index (Phi) is 6.73. The average molecular weight is 167 g/mol. The molecule has 0 aromatic rings. The molecule has 0 saturated heterocycles. The van der Waals surface area contributed by atoms with Crippen LogP contribution in [0.2, 0.25) is 0 Å². The highest BCUT2D eigenvalue weighted by atomic mass is 14.7. The fourth-order valence-corrected chi connectivity index (χ4v) is 0.860. The molecule has 1 atom stereocenters. The first-order valence-electron chi connectivity index (χ1n) is 4.83. The van der Waals surface area contributed by atoms with E-state index in [0.717, 1.165) is 13.0 Å². The zero-order chi connectivity index (χ0) is 9.40. The molecule has 1 heteroatoms. The first-order chi connectivity index (χ1) is 5.66. The number of aliphatic imine (C=N–C) groups is 1. The highest BCUT2D eigenvalue weighted by Gasteiger charge is 1.93. The second kappa shape index (κ2) is 7.08. The maximum Gasteiger partial charge on any atom is 0.0357 e. The van der Waals surface area contributed by atoms with Crippen molar-refractivity contribution in [1.82, 2.24) is 0 Å². The van der Waals surface area contributed by atoms with Gasteiger partial charge in [-0.25, -0.2) is 0 Å². The van der Waals surface area contributed by atoms with Crippen molar-refractivity contribution >= 4 is 6.21 Å². The summed E-state index contributed by atoms with van der Waals surface area (Å²) in [6.45, 7) is 9.58. The van der Waals surface area contributed by atoms with Gasteiger partial charge in [-0.15, -0.1) is 0 Å². The Morgan fingerprint density at radius 3 is 2.33 bits per heavy atom. The number of hydrogen-bond donors (Lipinski definition) is 0. The normalized spacial score (nSPS) is 15.1. The van der Waals surface area contributed by atoms with E-state index in [4.69, 9.17) is 0 Å². The molecule has 0 heterocycles. The Hall–Kier alpha value is -0.590. The van der Waals surface area contributed by atoms with Gasteiger partial charge < -0.3 is 0 Å². The Morgan fingerprint density at radius 1 is 1.17 bits per heavy atom. The van der Waals surface area contributed by atoms with Gasteiger partial charge in [0, 0.05) is 6.54 Å². The molecular weight excluding hydrogens is 146 g/mol. The predicted molar refractivity (Wildman–Crippen MR) is 56.8 cm³/mol. The smallest absolute Gasteiger partial charge is 0.0357 e. The number of nitrogens with zero attached hydrogens (tertiary/aromatic N) is 1. The van der Waals surface area contributed by atoms with Crippen molar-refractivity contribution in [1.29, 1.82) is 0 Å². The number of allylic oxidation sites excluding steroid dienone is 2. The molecule has 1 unspecified atom stereocenters. The molecule has 0 bridgehead atoms. The molecule has 1 nitrogen and oxygen atoms in total. The summed E-state index contributed by atoms with van der Waals surface area (Å²) in [5, 5.41) is 0. The van der Waals surface area contributed by atoms with Gasteiger partial charge in [0.2, 0.25) is 0 Å². The molecule has 0 N–H and O–H groups in total. The van der Waals surface area contributed by atoms with E-state index in [1.165, 1.54) is 0 Å². The SMILES string of the molecule is CCN=CCC(C)/C=C\C(C)C. The van der Waals surface area contributed by atoms with Crippen molar-refractivity contribution in [3.63, 3.8) is 0 Å². The van der Waals surface area contributed by atoms with Crippen LogP contribution in [0.1, 0.15) is 34.1 Å². The van der Waals surface area contributed by atoms with E-state index < -0.39 is 0 Å². The van der Waals surface area contributed by atoms with Gasteiger partial charge in [0.25, 0.3) is 0 Å². The van der Waals surface area contributed by atoms with Crippen molar-refractivity contribution in [3.05, 3.63) is 12.2 Å². The van der Waals surface area contributed by atoms with Crippen LogP contribution < -0.4 is 0 Å². The zero-order valence-electron chi connectivity index (χ0n) is 8.75. The molecule has 0 aliphatic carbocycles. The lowest BCUT2D eigenvalue weighted by Gasteiger charge is -2.01. The lowest BCUT2D eigenvalue weighted by atomic mass is 10.1. The maximum atomic E-state index is 4.18. The molecule has 12 heavy (non-hydrogen) atoms. The Morgan fingerprint density at radius 2 is 1.83 bits per heavy atom. The molecule has 0 fully saturated rings. The fourth-order valence-electron chi connectivity index (χ4n) is 0.860. The molecular formula is C11H21N. The van der Waals surface area contributed by atoms with E-state index >= 15 is 0 Å². The summed E-state index contributed by atoms with van der Waals surface area (Å²) >= 11 is 0. The quantitative estimate of drug-likeness (QED) is 0.440. The van der Waals surface area contributed by atoms with Crippen molar-refractivity contribution in [2.24, 2.45) is 16.8 Å². The van der Waals surface area contributed by atoms with Crippen LogP contribution in [-0.2, 0) is 0 Å². The van der Waals surface area contributed by atoms with Crippen LogP contribution in [0.5, 0.6) is 0 Å². The topological polar surface area (TPSA) is 12.4 Å². The molecule has 0 rings (SSSR count). The number of hydrogen-bond acceptors (Lipinski definition) is 1. The molecule has 0 aromatic heterocycles. The van der Waals surface area contributed by atoms with E-state index in [0.29, 0.717) is 11.8 Å². The van der Waals surface area contributed by atoms with E-state index in [2.05, 4.69) is 44.8 Å². The molecule has 0 spiro atoms. The monoisotopic (exact) mass is 167 g/mol. The van der Waals surface area contributed by atoms with Crippen molar-refractivity contribution in [2.45, 2.75) is 34.1 Å². The van der Waals surface area contributed by atoms with Crippen LogP contribution in [0.25, 0.3) is 0 Å². The maximum absolute atomic E-state index is 4.18. The largest absolute Gasteiger partial charge is 0.298 e. The first kappa shape index (κ1) is 11.4. The van der Waals surface area contributed by atoms with E-state index in [-0.39, 0.29) is 0 Å². The van der Waals surface area contributed by atoms with Gasteiger partial charge in [0.15, 0.2) is 0 Å². The molecule has 0 aliphatic rings. The lowest BCUT2D eigenvalue weighted by Crippen LogP contribution is -1.91. The summed E-state index contributed by atoms with van der Waals surface area (Å²) in [5.41, 5.74) is 0. The van der Waals surface area contributed by atoms with Crippen molar-refractivity contribution < 1.29 is 0 Å². The summed E-state index contributed by atoms with van der Waals surface area (Å²) < 4.78 is 0. The Labute approximate surface area is 76.6 Å². The second-order valence-electron chi connectivity index (χ2n) is 3.52. The van der Waals surface area contributed by atoms with Gasteiger partial charge in [0.05, 0.1) is 0 Å². The summed E-state index contributed by atoms with van der Waals surface area (Å²) in [6.07, 6.45) is 7.61. The van der Waals surface area contributed by atoms with E-state index in [9.17, 15) is 0 Å². The lowest BCUT2D eigenvalue weighted by molar-refractivity contribution is 0.747. The summed E-state index contributed by atoms with van der Waals surface area (Å²) in [6, 6.07) is 0. The minimum atomic E-state index is 0.628. The van der Waals surface area contributed by atoms with Gasteiger partial charge in [-0.3, -0.25) is 4.99 Å². The van der Waals surface area contributed by atoms with Crippen LogP contribution >= 0.6 is 0 Å². The standard InChI is InChI=1S/C11H21N/c1-5-12-9-8-11(4)7-6-10(2)3/h6-7,9-11H,5,8H2,1-4H3/b7-6-,12-9?. The second-order valence-corrected chi connectivity index (χ2v) is 3.52. The van der Waals surface area contributed by atoms with Gasteiger partial charge in [-0.1, -0.05) is 32.9 Å². The number of rotatable bonds is 5. The average Bonchev–Trinajstić information content (AvgIpc) is 2.01. The molecule has 70 valence electrons.